The SMILES string of the molecule is O=C(O)C[C@H]1CN(C(=O)C[C@H]2Sc3ccccc3NC2=O)CCO1. The van der Waals surface area contributed by atoms with Crippen LogP contribution in [0, 0.1) is 0 Å². The summed E-state index contributed by atoms with van der Waals surface area (Å²) < 4.78 is 5.37. The van der Waals surface area contributed by atoms with Crippen LogP contribution in [0.5, 0.6) is 0 Å². The first kappa shape index (κ1) is 16.8. The van der Waals surface area contributed by atoms with Crippen molar-refractivity contribution in [2.45, 2.75) is 29.1 Å². The number of nitrogens with zero attached hydrogens (tertiary/aromatic N) is 1. The van der Waals surface area contributed by atoms with Gasteiger partial charge in [0.2, 0.25) is 11.8 Å². The number of fused-ring (bicyclic) bond motifs is 1. The fourth-order valence-electron chi connectivity index (χ4n) is 2.78. The van der Waals surface area contributed by atoms with Crippen molar-refractivity contribution in [3.8, 4) is 0 Å². The largest absolute Gasteiger partial charge is 0.481 e. The van der Waals surface area contributed by atoms with Gasteiger partial charge in [0.25, 0.3) is 0 Å². The fraction of sp³-hybridized carbons (Fsp3) is 0.438. The maximum atomic E-state index is 12.5. The van der Waals surface area contributed by atoms with E-state index in [4.69, 9.17) is 9.84 Å². The molecule has 128 valence electrons. The highest BCUT2D eigenvalue weighted by Crippen LogP contribution is 2.36. The number of hydrogen-bond acceptors (Lipinski definition) is 5. The summed E-state index contributed by atoms with van der Waals surface area (Å²) in [7, 11) is 0. The number of carboxylic acids is 1. The molecule has 8 heteroatoms. The molecule has 0 radical (unpaired) electrons. The molecule has 1 aromatic rings. The highest BCUT2D eigenvalue weighted by molar-refractivity contribution is 8.01. The smallest absolute Gasteiger partial charge is 0.306 e. The zero-order valence-corrected chi connectivity index (χ0v) is 13.8. The third kappa shape index (κ3) is 3.88. The number of para-hydroxylation sites is 1. The Labute approximate surface area is 143 Å². The Morgan fingerprint density at radius 1 is 1.33 bits per heavy atom. The third-order valence-corrected chi connectivity index (χ3v) is 5.24. The molecule has 0 unspecified atom stereocenters. The molecule has 1 aromatic carbocycles. The summed E-state index contributed by atoms with van der Waals surface area (Å²) in [6.07, 6.45) is -0.533. The van der Waals surface area contributed by atoms with Crippen LogP contribution < -0.4 is 5.32 Å². The van der Waals surface area contributed by atoms with Crippen molar-refractivity contribution in [3.63, 3.8) is 0 Å². The normalized spacial score (nSPS) is 23.3. The minimum absolute atomic E-state index is 0.0879. The average molecular weight is 350 g/mol. The van der Waals surface area contributed by atoms with Gasteiger partial charge in [0, 0.05) is 24.4 Å². The number of carbonyl (C=O) groups is 3. The molecule has 1 saturated heterocycles. The van der Waals surface area contributed by atoms with Crippen LogP contribution in [-0.2, 0) is 19.1 Å². The Hall–Kier alpha value is -2.06. The van der Waals surface area contributed by atoms with Gasteiger partial charge < -0.3 is 20.1 Å². The van der Waals surface area contributed by atoms with E-state index in [1.54, 1.807) is 4.90 Å². The lowest BCUT2D eigenvalue weighted by Gasteiger charge is -2.33. The zero-order valence-electron chi connectivity index (χ0n) is 12.9. The molecule has 0 aliphatic carbocycles. The fourth-order valence-corrected chi connectivity index (χ4v) is 3.88. The van der Waals surface area contributed by atoms with Gasteiger partial charge in [0.1, 0.15) is 0 Å². The Balaban J connectivity index is 1.60. The summed E-state index contributed by atoms with van der Waals surface area (Å²) >= 11 is 1.38. The van der Waals surface area contributed by atoms with E-state index in [0.717, 1.165) is 10.6 Å². The monoisotopic (exact) mass is 350 g/mol. The van der Waals surface area contributed by atoms with Crippen LogP contribution in [0.3, 0.4) is 0 Å². The van der Waals surface area contributed by atoms with E-state index in [1.807, 2.05) is 24.3 Å². The van der Waals surface area contributed by atoms with E-state index < -0.39 is 17.3 Å². The topological polar surface area (TPSA) is 95.9 Å². The summed E-state index contributed by atoms with van der Waals surface area (Å²) in [5.41, 5.74) is 0.768. The molecular formula is C16H18N2O5S. The first-order valence-electron chi connectivity index (χ1n) is 7.70. The number of rotatable bonds is 4. The quantitative estimate of drug-likeness (QED) is 0.847. The Morgan fingerprint density at radius 2 is 2.12 bits per heavy atom. The molecule has 1 fully saturated rings. The summed E-state index contributed by atoms with van der Waals surface area (Å²) in [6.45, 7) is 0.988. The van der Waals surface area contributed by atoms with Crippen molar-refractivity contribution in [3.05, 3.63) is 24.3 Å². The molecule has 0 aromatic heterocycles. The second-order valence-electron chi connectivity index (χ2n) is 5.73. The number of ether oxygens (including phenoxy) is 1. The molecule has 2 heterocycles. The van der Waals surface area contributed by atoms with Crippen molar-refractivity contribution in [2.24, 2.45) is 0 Å². The molecule has 0 spiro atoms. The minimum atomic E-state index is -0.951. The van der Waals surface area contributed by atoms with Crippen LogP contribution in [0.4, 0.5) is 5.69 Å². The van der Waals surface area contributed by atoms with Crippen molar-refractivity contribution in [1.29, 1.82) is 0 Å². The van der Waals surface area contributed by atoms with Crippen molar-refractivity contribution >= 4 is 35.2 Å². The lowest BCUT2D eigenvalue weighted by molar-refractivity contribution is -0.147. The predicted octanol–water partition coefficient (Wildman–Crippen LogP) is 1.19. The second kappa shape index (κ2) is 7.23. The molecule has 24 heavy (non-hydrogen) atoms. The number of morpholine rings is 1. The predicted molar refractivity (Wildman–Crippen MR) is 87.9 cm³/mol. The van der Waals surface area contributed by atoms with Crippen LogP contribution >= 0.6 is 11.8 Å². The highest BCUT2D eigenvalue weighted by Gasteiger charge is 2.32. The number of nitrogens with one attached hydrogen (secondary N) is 1. The summed E-state index contributed by atoms with van der Waals surface area (Å²) in [6, 6.07) is 7.48. The number of carboxylic acid groups (broad SMARTS) is 1. The molecule has 3 rings (SSSR count). The van der Waals surface area contributed by atoms with E-state index in [-0.39, 0.29) is 31.2 Å². The Bertz CT molecular complexity index is 666. The number of thioether (sulfide) groups is 1. The molecule has 0 bridgehead atoms. The van der Waals surface area contributed by atoms with E-state index in [0.29, 0.717) is 13.2 Å². The van der Waals surface area contributed by atoms with Gasteiger partial charge in [0.05, 0.1) is 30.1 Å². The molecule has 7 nitrogen and oxygen atoms in total. The van der Waals surface area contributed by atoms with Gasteiger partial charge in [-0.3, -0.25) is 14.4 Å². The number of amides is 2. The van der Waals surface area contributed by atoms with Crippen molar-refractivity contribution < 1.29 is 24.2 Å². The maximum absolute atomic E-state index is 12.5. The molecule has 2 aliphatic rings. The average Bonchev–Trinajstić information content (AvgIpc) is 2.55. The van der Waals surface area contributed by atoms with Crippen molar-refractivity contribution in [1.82, 2.24) is 4.90 Å². The summed E-state index contributed by atoms with van der Waals surface area (Å²) in [5, 5.41) is 11.2. The highest BCUT2D eigenvalue weighted by atomic mass is 32.2. The number of aliphatic carboxylic acids is 1. The standard InChI is InChI=1S/C16H18N2O5S/c19-14(18-5-6-23-10(9-18)7-15(20)21)8-13-16(22)17-11-3-1-2-4-12(11)24-13/h1-4,10,13H,5-9H2,(H,17,22)(H,20,21)/t10-,13+/m0/s1. The second-order valence-corrected chi connectivity index (χ2v) is 6.97. The van der Waals surface area contributed by atoms with Gasteiger partial charge in [-0.25, -0.2) is 0 Å². The summed E-state index contributed by atoms with van der Waals surface area (Å²) in [5.74, 6) is -1.28. The van der Waals surface area contributed by atoms with Crippen molar-refractivity contribution in [2.75, 3.05) is 25.0 Å². The molecule has 2 amide bonds. The van der Waals surface area contributed by atoms with Gasteiger partial charge in [-0.2, -0.15) is 0 Å². The van der Waals surface area contributed by atoms with Gasteiger partial charge in [-0.05, 0) is 12.1 Å². The number of anilines is 1. The van der Waals surface area contributed by atoms with Crippen LogP contribution in [0.15, 0.2) is 29.2 Å². The molecule has 0 saturated carbocycles. The van der Waals surface area contributed by atoms with Gasteiger partial charge >= 0.3 is 5.97 Å². The van der Waals surface area contributed by atoms with E-state index in [1.165, 1.54) is 11.8 Å². The number of hydrogen-bond donors (Lipinski definition) is 2. The van der Waals surface area contributed by atoms with Gasteiger partial charge in [0.15, 0.2) is 0 Å². The van der Waals surface area contributed by atoms with E-state index in [2.05, 4.69) is 5.32 Å². The van der Waals surface area contributed by atoms with Crippen LogP contribution in [-0.4, -0.2) is 58.8 Å². The van der Waals surface area contributed by atoms with Gasteiger partial charge in [-0.1, -0.05) is 12.1 Å². The summed E-state index contributed by atoms with van der Waals surface area (Å²) in [4.78, 5) is 38.0. The minimum Gasteiger partial charge on any atom is -0.481 e. The lowest BCUT2D eigenvalue weighted by Crippen LogP contribution is -2.47. The Kier molecular flexibility index (Phi) is 5.06. The van der Waals surface area contributed by atoms with Crippen LogP contribution in [0.25, 0.3) is 0 Å². The maximum Gasteiger partial charge on any atom is 0.306 e. The Morgan fingerprint density at radius 3 is 2.92 bits per heavy atom. The van der Waals surface area contributed by atoms with E-state index in [9.17, 15) is 14.4 Å². The number of benzene rings is 1. The first-order valence-corrected chi connectivity index (χ1v) is 8.58. The van der Waals surface area contributed by atoms with Crippen LogP contribution in [0.2, 0.25) is 0 Å². The molecule has 2 N–H and O–H groups in total. The lowest BCUT2D eigenvalue weighted by atomic mass is 10.1. The molecule has 2 aliphatic heterocycles. The molecular weight excluding hydrogens is 332 g/mol. The van der Waals surface area contributed by atoms with E-state index >= 15 is 0 Å². The van der Waals surface area contributed by atoms with Gasteiger partial charge in [-0.15, -0.1) is 11.8 Å². The van der Waals surface area contributed by atoms with Crippen LogP contribution in [0.1, 0.15) is 12.8 Å². The zero-order chi connectivity index (χ0) is 17.1. The first-order chi connectivity index (χ1) is 11.5. The molecule has 2 atom stereocenters. The number of carbonyl (C=O) groups excluding carboxylic acids is 2. The third-order valence-electron chi connectivity index (χ3n) is 3.96.